The van der Waals surface area contributed by atoms with E-state index in [2.05, 4.69) is 10.3 Å². The van der Waals surface area contributed by atoms with Crippen LogP contribution in [0.4, 0.5) is 5.69 Å². The highest BCUT2D eigenvalue weighted by Crippen LogP contribution is 2.38. The Morgan fingerprint density at radius 2 is 2.22 bits per heavy atom. The van der Waals surface area contributed by atoms with Crippen LogP contribution in [0, 0.1) is 10.1 Å². The number of carboxylic acid groups (broad SMARTS) is 1. The van der Waals surface area contributed by atoms with E-state index >= 15 is 0 Å². The average molecular weight is 248 g/mol. The lowest BCUT2D eigenvalue weighted by molar-refractivity contribution is -0.383. The standard InChI is InChI=1S/C10H8N4O4/c15-10(16)5-3-7-9(8(4-5)14(17)18)13(12-11-7)6-1-2-6/h3-4,6H,1-2H2,(H,15,16). The first-order valence-electron chi connectivity index (χ1n) is 5.34. The van der Waals surface area contributed by atoms with E-state index in [0.29, 0.717) is 5.52 Å². The van der Waals surface area contributed by atoms with Crippen molar-refractivity contribution in [2.45, 2.75) is 18.9 Å². The number of carbonyl (C=O) groups is 1. The summed E-state index contributed by atoms with van der Waals surface area (Å²) in [5.41, 5.74) is 0.125. The predicted molar refractivity (Wildman–Crippen MR) is 59.4 cm³/mol. The van der Waals surface area contributed by atoms with Crippen LogP contribution in [-0.4, -0.2) is 31.0 Å². The van der Waals surface area contributed by atoms with Crippen molar-refractivity contribution in [1.29, 1.82) is 0 Å². The monoisotopic (exact) mass is 248 g/mol. The van der Waals surface area contributed by atoms with E-state index in [0.717, 1.165) is 18.9 Å². The number of fused-ring (bicyclic) bond motifs is 1. The van der Waals surface area contributed by atoms with Gasteiger partial charge in [0.25, 0.3) is 5.69 Å². The van der Waals surface area contributed by atoms with E-state index in [9.17, 15) is 14.9 Å². The quantitative estimate of drug-likeness (QED) is 0.648. The van der Waals surface area contributed by atoms with Crippen LogP contribution in [-0.2, 0) is 0 Å². The number of hydrogen-bond donors (Lipinski definition) is 1. The number of benzene rings is 1. The number of non-ortho nitro benzene ring substituents is 1. The van der Waals surface area contributed by atoms with Gasteiger partial charge in [0.15, 0.2) is 5.52 Å². The number of nitrogens with zero attached hydrogens (tertiary/aromatic N) is 4. The molecule has 18 heavy (non-hydrogen) atoms. The molecule has 0 amide bonds. The highest BCUT2D eigenvalue weighted by Gasteiger charge is 2.31. The van der Waals surface area contributed by atoms with Gasteiger partial charge < -0.3 is 5.11 Å². The van der Waals surface area contributed by atoms with Crippen LogP contribution >= 0.6 is 0 Å². The van der Waals surface area contributed by atoms with Crippen LogP contribution in [0.15, 0.2) is 12.1 Å². The molecule has 2 aromatic rings. The maximum absolute atomic E-state index is 11.0. The van der Waals surface area contributed by atoms with Gasteiger partial charge in [0.05, 0.1) is 16.5 Å². The Labute approximate surface area is 100.0 Å². The third-order valence-corrected chi connectivity index (χ3v) is 2.88. The van der Waals surface area contributed by atoms with Crippen molar-refractivity contribution < 1.29 is 14.8 Å². The Bertz CT molecular complexity index is 674. The number of nitro groups is 1. The van der Waals surface area contributed by atoms with E-state index < -0.39 is 10.9 Å². The average Bonchev–Trinajstić information content (AvgIpc) is 3.07. The molecular formula is C10H8N4O4. The molecule has 1 fully saturated rings. The van der Waals surface area contributed by atoms with Crippen LogP contribution < -0.4 is 0 Å². The topological polar surface area (TPSA) is 111 Å². The minimum absolute atomic E-state index is 0.143. The first kappa shape index (κ1) is 10.6. The summed E-state index contributed by atoms with van der Waals surface area (Å²) in [4.78, 5) is 21.3. The van der Waals surface area contributed by atoms with Gasteiger partial charge in [0.1, 0.15) is 5.52 Å². The Hall–Kier alpha value is -2.51. The number of nitro benzene ring substituents is 1. The summed E-state index contributed by atoms with van der Waals surface area (Å²) in [6.45, 7) is 0. The second-order valence-corrected chi connectivity index (χ2v) is 4.19. The molecule has 0 unspecified atom stereocenters. The third kappa shape index (κ3) is 1.50. The van der Waals surface area contributed by atoms with Crippen LogP contribution in [0.3, 0.4) is 0 Å². The first-order chi connectivity index (χ1) is 8.58. The molecule has 0 aliphatic heterocycles. The number of rotatable bonds is 3. The number of aromatic carboxylic acids is 1. The Morgan fingerprint density at radius 1 is 1.50 bits per heavy atom. The second kappa shape index (κ2) is 3.49. The molecule has 1 aromatic heterocycles. The summed E-state index contributed by atoms with van der Waals surface area (Å²) in [5.74, 6) is -1.22. The molecule has 0 bridgehead atoms. The predicted octanol–water partition coefficient (Wildman–Crippen LogP) is 1.37. The van der Waals surface area contributed by atoms with Crippen LogP contribution in [0.25, 0.3) is 11.0 Å². The van der Waals surface area contributed by atoms with Crippen LogP contribution in [0.1, 0.15) is 29.2 Å². The van der Waals surface area contributed by atoms with Gasteiger partial charge in [0.2, 0.25) is 0 Å². The normalized spacial score (nSPS) is 14.9. The summed E-state index contributed by atoms with van der Waals surface area (Å²) in [6.07, 6.45) is 1.83. The van der Waals surface area contributed by atoms with Gasteiger partial charge >= 0.3 is 5.97 Å². The fourth-order valence-electron chi connectivity index (χ4n) is 1.89. The third-order valence-electron chi connectivity index (χ3n) is 2.88. The molecular weight excluding hydrogens is 240 g/mol. The highest BCUT2D eigenvalue weighted by atomic mass is 16.6. The van der Waals surface area contributed by atoms with Crippen molar-refractivity contribution in [2.24, 2.45) is 0 Å². The zero-order valence-electron chi connectivity index (χ0n) is 9.11. The summed E-state index contributed by atoms with van der Waals surface area (Å²) >= 11 is 0. The van der Waals surface area contributed by atoms with E-state index in [1.807, 2.05) is 0 Å². The van der Waals surface area contributed by atoms with E-state index in [-0.39, 0.29) is 22.8 Å². The largest absolute Gasteiger partial charge is 0.478 e. The first-order valence-corrected chi connectivity index (χ1v) is 5.34. The highest BCUT2D eigenvalue weighted by molar-refractivity contribution is 5.96. The zero-order chi connectivity index (χ0) is 12.9. The molecule has 1 N–H and O–H groups in total. The molecule has 0 spiro atoms. The Balaban J connectivity index is 2.32. The zero-order valence-corrected chi connectivity index (χ0v) is 9.11. The maximum Gasteiger partial charge on any atom is 0.336 e. The van der Waals surface area contributed by atoms with Crippen molar-refractivity contribution in [1.82, 2.24) is 15.0 Å². The molecule has 8 heteroatoms. The maximum atomic E-state index is 11.0. The molecule has 92 valence electrons. The van der Waals surface area contributed by atoms with Crippen LogP contribution in [0.2, 0.25) is 0 Å². The van der Waals surface area contributed by atoms with E-state index in [1.165, 1.54) is 10.7 Å². The molecule has 3 rings (SSSR count). The van der Waals surface area contributed by atoms with E-state index in [4.69, 9.17) is 5.11 Å². The van der Waals surface area contributed by atoms with Gasteiger partial charge in [-0.05, 0) is 18.9 Å². The SMILES string of the molecule is O=C(O)c1cc([N+](=O)[O-])c2c(c1)nnn2C1CC1. The lowest BCUT2D eigenvalue weighted by atomic mass is 10.1. The summed E-state index contributed by atoms with van der Waals surface area (Å²) < 4.78 is 1.51. The molecule has 8 nitrogen and oxygen atoms in total. The smallest absolute Gasteiger partial charge is 0.336 e. The Morgan fingerprint density at radius 3 is 2.78 bits per heavy atom. The van der Waals surface area contributed by atoms with Crippen LogP contribution in [0.5, 0.6) is 0 Å². The van der Waals surface area contributed by atoms with Gasteiger partial charge in [-0.1, -0.05) is 5.21 Å². The summed E-state index contributed by atoms with van der Waals surface area (Å²) in [5, 5.41) is 27.6. The summed E-state index contributed by atoms with van der Waals surface area (Å²) in [7, 11) is 0. The van der Waals surface area contributed by atoms with Gasteiger partial charge in [-0.15, -0.1) is 5.10 Å². The second-order valence-electron chi connectivity index (χ2n) is 4.19. The van der Waals surface area contributed by atoms with Gasteiger partial charge in [-0.2, -0.15) is 0 Å². The summed E-state index contributed by atoms with van der Waals surface area (Å²) in [6, 6.07) is 2.49. The van der Waals surface area contributed by atoms with Gasteiger partial charge in [0, 0.05) is 6.07 Å². The van der Waals surface area contributed by atoms with Crippen molar-refractivity contribution in [3.05, 3.63) is 27.8 Å². The van der Waals surface area contributed by atoms with Crippen molar-refractivity contribution >= 4 is 22.7 Å². The molecule has 1 aliphatic rings. The molecule has 1 saturated carbocycles. The minimum atomic E-state index is -1.22. The molecule has 0 atom stereocenters. The fourth-order valence-corrected chi connectivity index (χ4v) is 1.89. The number of carboxylic acids is 1. The minimum Gasteiger partial charge on any atom is -0.478 e. The van der Waals surface area contributed by atoms with Gasteiger partial charge in [-0.3, -0.25) is 10.1 Å². The van der Waals surface area contributed by atoms with Crippen molar-refractivity contribution in [3.63, 3.8) is 0 Å². The molecule has 0 saturated heterocycles. The number of aromatic nitrogens is 3. The molecule has 1 heterocycles. The van der Waals surface area contributed by atoms with Gasteiger partial charge in [-0.25, -0.2) is 9.48 Å². The Kier molecular flexibility index (Phi) is 2.06. The molecule has 1 aliphatic carbocycles. The molecule has 0 radical (unpaired) electrons. The number of hydrogen-bond acceptors (Lipinski definition) is 5. The van der Waals surface area contributed by atoms with Crippen molar-refractivity contribution in [3.8, 4) is 0 Å². The fraction of sp³-hybridized carbons (Fsp3) is 0.300. The lowest BCUT2D eigenvalue weighted by Gasteiger charge is -2.00. The molecule has 1 aromatic carbocycles. The van der Waals surface area contributed by atoms with Crippen molar-refractivity contribution in [2.75, 3.05) is 0 Å². The van der Waals surface area contributed by atoms with E-state index in [1.54, 1.807) is 0 Å². The lowest BCUT2D eigenvalue weighted by Crippen LogP contribution is -2.02.